The van der Waals surface area contributed by atoms with Gasteiger partial charge in [0.1, 0.15) is 0 Å². The zero-order chi connectivity index (χ0) is 8.39. The van der Waals surface area contributed by atoms with Gasteiger partial charge >= 0.3 is 0 Å². The van der Waals surface area contributed by atoms with Crippen LogP contribution in [0.3, 0.4) is 0 Å². The highest BCUT2D eigenvalue weighted by Gasteiger charge is 1.99. The Kier molecular flexibility index (Phi) is 2.19. The molecule has 0 aliphatic rings. The molecular weight excluding hydrogens is 236 g/mol. The van der Waals surface area contributed by atoms with Gasteiger partial charge in [-0.1, -0.05) is 0 Å². The molecule has 2 aromatic rings. The van der Waals surface area contributed by atoms with E-state index in [9.17, 15) is 0 Å². The van der Waals surface area contributed by atoms with Gasteiger partial charge in [0.15, 0.2) is 0 Å². The minimum atomic E-state index is 0.994. The predicted octanol–water partition coefficient (Wildman–Crippen LogP) is 2.97. The molecule has 2 aromatic heterocycles. The van der Waals surface area contributed by atoms with Crippen molar-refractivity contribution in [1.82, 2.24) is 9.97 Å². The number of aromatic nitrogens is 2. The molecule has 0 saturated heterocycles. The summed E-state index contributed by atoms with van der Waals surface area (Å²) >= 11 is 4.98. The van der Waals surface area contributed by atoms with Crippen LogP contribution in [-0.4, -0.2) is 9.97 Å². The second-order valence-electron chi connectivity index (χ2n) is 2.26. The van der Waals surface area contributed by atoms with Crippen LogP contribution in [0.25, 0.3) is 10.4 Å². The Balaban J connectivity index is 2.48. The molecule has 12 heavy (non-hydrogen) atoms. The number of pyridine rings is 1. The summed E-state index contributed by atoms with van der Waals surface area (Å²) in [6.45, 7) is 0. The lowest BCUT2D eigenvalue weighted by atomic mass is 10.3. The van der Waals surface area contributed by atoms with E-state index in [4.69, 9.17) is 0 Å². The van der Waals surface area contributed by atoms with Gasteiger partial charge in [-0.2, -0.15) is 0 Å². The Morgan fingerprint density at radius 1 is 1.17 bits per heavy atom. The molecule has 0 spiro atoms. The lowest BCUT2D eigenvalue weighted by Gasteiger charge is -1.94. The fourth-order valence-electron chi connectivity index (χ4n) is 0.905. The van der Waals surface area contributed by atoms with Gasteiger partial charge in [0, 0.05) is 28.6 Å². The van der Waals surface area contributed by atoms with E-state index in [1.807, 2.05) is 24.0 Å². The van der Waals surface area contributed by atoms with Crippen molar-refractivity contribution in [3.8, 4) is 10.4 Å². The first kappa shape index (κ1) is 7.89. The van der Waals surface area contributed by atoms with Crippen molar-refractivity contribution in [2.24, 2.45) is 0 Å². The normalized spacial score (nSPS) is 10.1. The van der Waals surface area contributed by atoms with E-state index in [2.05, 4.69) is 25.9 Å². The Bertz CT molecular complexity index is 372. The first-order valence-electron chi connectivity index (χ1n) is 3.35. The largest absolute Gasteiger partial charge is 0.263 e. The highest BCUT2D eigenvalue weighted by atomic mass is 79.9. The number of hydrogen-bond donors (Lipinski definition) is 0. The summed E-state index contributed by atoms with van der Waals surface area (Å²) in [6, 6.07) is 2.03. The number of thiazole rings is 1. The second kappa shape index (κ2) is 3.33. The molecule has 0 bridgehead atoms. The zero-order valence-electron chi connectivity index (χ0n) is 6.07. The minimum absolute atomic E-state index is 0.994. The van der Waals surface area contributed by atoms with Crippen LogP contribution in [0.15, 0.2) is 34.6 Å². The fraction of sp³-hybridized carbons (Fsp3) is 0. The molecule has 0 fully saturated rings. The number of nitrogens with zero attached hydrogens (tertiary/aromatic N) is 2. The van der Waals surface area contributed by atoms with E-state index in [1.54, 1.807) is 17.5 Å². The summed E-state index contributed by atoms with van der Waals surface area (Å²) in [5.74, 6) is 0. The number of halogens is 1. The van der Waals surface area contributed by atoms with Crippen molar-refractivity contribution >= 4 is 27.3 Å². The molecule has 60 valence electrons. The molecule has 0 N–H and O–H groups in total. The van der Waals surface area contributed by atoms with E-state index >= 15 is 0 Å². The molecule has 2 rings (SSSR count). The summed E-state index contributed by atoms with van der Waals surface area (Å²) in [6.07, 6.45) is 5.44. The highest BCUT2D eigenvalue weighted by Crippen LogP contribution is 2.24. The second-order valence-corrected chi connectivity index (χ2v) is 4.06. The van der Waals surface area contributed by atoms with E-state index < -0.39 is 0 Å². The van der Waals surface area contributed by atoms with Crippen LogP contribution in [-0.2, 0) is 0 Å². The molecule has 0 amide bonds. The smallest absolute Gasteiger partial charge is 0.0797 e. The maximum Gasteiger partial charge on any atom is 0.0797 e. The minimum Gasteiger partial charge on any atom is -0.263 e. The van der Waals surface area contributed by atoms with Crippen LogP contribution in [0.4, 0.5) is 0 Å². The van der Waals surface area contributed by atoms with Gasteiger partial charge in [-0.05, 0) is 22.0 Å². The molecule has 0 aliphatic heterocycles. The van der Waals surface area contributed by atoms with Crippen LogP contribution in [0.1, 0.15) is 0 Å². The average Bonchev–Trinajstić information content (AvgIpc) is 2.56. The molecule has 0 aromatic carbocycles. The lowest BCUT2D eigenvalue weighted by Crippen LogP contribution is -1.75. The maximum atomic E-state index is 4.07. The third kappa shape index (κ3) is 1.54. The summed E-state index contributed by atoms with van der Waals surface area (Å²) in [7, 11) is 0. The topological polar surface area (TPSA) is 25.8 Å². The van der Waals surface area contributed by atoms with Crippen LogP contribution >= 0.6 is 27.3 Å². The SMILES string of the molecule is Brc1cncc(-c2cncs2)c1. The Morgan fingerprint density at radius 3 is 2.75 bits per heavy atom. The van der Waals surface area contributed by atoms with Gasteiger partial charge in [0.2, 0.25) is 0 Å². The molecular formula is C8H5BrN2S. The summed E-state index contributed by atoms with van der Waals surface area (Å²) in [5.41, 5.74) is 2.92. The van der Waals surface area contributed by atoms with Gasteiger partial charge in [-0.25, -0.2) is 0 Å². The molecule has 2 heterocycles. The van der Waals surface area contributed by atoms with Gasteiger partial charge in [0.25, 0.3) is 0 Å². The standard InChI is InChI=1S/C8H5BrN2S/c9-7-1-6(2-10-3-7)8-4-11-5-12-8/h1-5H. The van der Waals surface area contributed by atoms with Crippen molar-refractivity contribution in [3.63, 3.8) is 0 Å². The third-order valence-corrected chi connectivity index (χ3v) is 2.68. The zero-order valence-corrected chi connectivity index (χ0v) is 8.47. The molecule has 0 saturated carbocycles. The lowest BCUT2D eigenvalue weighted by molar-refractivity contribution is 1.31. The van der Waals surface area contributed by atoms with E-state index in [-0.39, 0.29) is 0 Å². The van der Waals surface area contributed by atoms with Gasteiger partial charge in [0.05, 0.1) is 10.4 Å². The highest BCUT2D eigenvalue weighted by molar-refractivity contribution is 9.10. The van der Waals surface area contributed by atoms with E-state index in [0.29, 0.717) is 0 Å². The Morgan fingerprint density at radius 2 is 2.08 bits per heavy atom. The summed E-state index contributed by atoms with van der Waals surface area (Å²) in [4.78, 5) is 9.22. The molecule has 0 atom stereocenters. The average molecular weight is 241 g/mol. The monoisotopic (exact) mass is 240 g/mol. The number of rotatable bonds is 1. The quantitative estimate of drug-likeness (QED) is 0.767. The number of hydrogen-bond acceptors (Lipinski definition) is 3. The first-order valence-corrected chi connectivity index (χ1v) is 5.03. The van der Waals surface area contributed by atoms with Gasteiger partial charge < -0.3 is 0 Å². The Labute approximate surface area is 82.4 Å². The van der Waals surface area contributed by atoms with Crippen molar-refractivity contribution in [2.75, 3.05) is 0 Å². The van der Waals surface area contributed by atoms with Crippen LogP contribution < -0.4 is 0 Å². The fourth-order valence-corrected chi connectivity index (χ4v) is 1.87. The third-order valence-electron chi connectivity index (χ3n) is 1.42. The molecule has 2 nitrogen and oxygen atoms in total. The van der Waals surface area contributed by atoms with Crippen molar-refractivity contribution in [3.05, 3.63) is 34.6 Å². The summed E-state index contributed by atoms with van der Waals surface area (Å²) < 4.78 is 0.994. The van der Waals surface area contributed by atoms with E-state index in [1.165, 1.54) is 0 Å². The van der Waals surface area contributed by atoms with Crippen LogP contribution in [0, 0.1) is 0 Å². The van der Waals surface area contributed by atoms with Crippen LogP contribution in [0.5, 0.6) is 0 Å². The molecule has 0 radical (unpaired) electrons. The van der Waals surface area contributed by atoms with Gasteiger partial charge in [-0.15, -0.1) is 11.3 Å². The van der Waals surface area contributed by atoms with E-state index in [0.717, 1.165) is 14.9 Å². The summed E-state index contributed by atoms with van der Waals surface area (Å²) in [5, 5.41) is 0. The van der Waals surface area contributed by atoms with Crippen LogP contribution in [0.2, 0.25) is 0 Å². The molecule has 0 unspecified atom stereocenters. The molecule has 4 heteroatoms. The molecule has 0 aliphatic carbocycles. The first-order chi connectivity index (χ1) is 5.86. The predicted molar refractivity (Wildman–Crippen MR) is 53.0 cm³/mol. The van der Waals surface area contributed by atoms with Crippen molar-refractivity contribution in [1.29, 1.82) is 0 Å². The van der Waals surface area contributed by atoms with Crippen molar-refractivity contribution < 1.29 is 0 Å². The maximum absolute atomic E-state index is 4.07. The Hall–Kier alpha value is -0.740. The van der Waals surface area contributed by atoms with Gasteiger partial charge in [-0.3, -0.25) is 9.97 Å². The van der Waals surface area contributed by atoms with Crippen molar-refractivity contribution in [2.45, 2.75) is 0 Å².